The molecule has 2 rings (SSSR count). The molecule has 0 bridgehead atoms. The quantitative estimate of drug-likeness (QED) is 0.647. The minimum absolute atomic E-state index is 0.579. The highest BCUT2D eigenvalue weighted by Crippen LogP contribution is 2.27. The molecular formula is C12H16ClN5O. The molecule has 7 heteroatoms. The van der Waals surface area contributed by atoms with Gasteiger partial charge in [-0.15, -0.1) is 5.10 Å². The van der Waals surface area contributed by atoms with Gasteiger partial charge in [-0.25, -0.2) is 4.68 Å². The van der Waals surface area contributed by atoms with E-state index in [0.29, 0.717) is 36.3 Å². The second-order valence-corrected chi connectivity index (χ2v) is 4.42. The normalized spacial score (nSPS) is 10.8. The zero-order valence-electron chi connectivity index (χ0n) is 10.7. The number of tetrazole rings is 1. The van der Waals surface area contributed by atoms with Crippen molar-refractivity contribution in [2.45, 2.75) is 19.9 Å². The Morgan fingerprint density at radius 2 is 2.26 bits per heavy atom. The Balaban J connectivity index is 2.16. The van der Waals surface area contributed by atoms with Gasteiger partial charge in [-0.1, -0.05) is 11.6 Å². The van der Waals surface area contributed by atoms with Gasteiger partial charge >= 0.3 is 0 Å². The molecule has 0 aliphatic rings. The van der Waals surface area contributed by atoms with Crippen LogP contribution in [0.25, 0.3) is 11.4 Å². The fourth-order valence-corrected chi connectivity index (χ4v) is 1.93. The molecule has 0 saturated carbocycles. The SMILES string of the molecule is CCOCCCn1nnnc1-c1cc(N)ccc1Cl. The van der Waals surface area contributed by atoms with E-state index in [4.69, 9.17) is 22.1 Å². The molecule has 0 saturated heterocycles. The Kier molecular flexibility index (Phi) is 4.70. The average Bonchev–Trinajstić information content (AvgIpc) is 2.86. The van der Waals surface area contributed by atoms with E-state index in [1.54, 1.807) is 22.9 Å². The molecule has 6 nitrogen and oxygen atoms in total. The topological polar surface area (TPSA) is 78.8 Å². The largest absolute Gasteiger partial charge is 0.399 e. The van der Waals surface area contributed by atoms with E-state index in [2.05, 4.69) is 15.5 Å². The van der Waals surface area contributed by atoms with Gasteiger partial charge in [0.05, 0.1) is 5.02 Å². The van der Waals surface area contributed by atoms with Crippen LogP contribution in [0.1, 0.15) is 13.3 Å². The standard InChI is InChI=1S/C12H16ClN5O/c1-2-19-7-3-6-18-12(15-16-17-18)10-8-9(14)4-5-11(10)13/h4-5,8H,2-3,6-7,14H2,1H3. The van der Waals surface area contributed by atoms with Gasteiger partial charge in [0.15, 0.2) is 5.82 Å². The lowest BCUT2D eigenvalue weighted by molar-refractivity contribution is 0.140. The number of nitrogens with two attached hydrogens (primary N) is 1. The van der Waals surface area contributed by atoms with Crippen molar-refractivity contribution in [3.05, 3.63) is 23.2 Å². The Morgan fingerprint density at radius 1 is 1.42 bits per heavy atom. The van der Waals surface area contributed by atoms with Crippen LogP contribution >= 0.6 is 11.6 Å². The van der Waals surface area contributed by atoms with Gasteiger partial charge in [-0.2, -0.15) is 0 Å². The van der Waals surface area contributed by atoms with Crippen molar-refractivity contribution in [1.29, 1.82) is 0 Å². The van der Waals surface area contributed by atoms with Gasteiger partial charge in [-0.3, -0.25) is 0 Å². The van der Waals surface area contributed by atoms with Crippen molar-refractivity contribution in [3.63, 3.8) is 0 Å². The summed E-state index contributed by atoms with van der Waals surface area (Å²) in [6, 6.07) is 5.26. The van der Waals surface area contributed by atoms with E-state index >= 15 is 0 Å². The molecular weight excluding hydrogens is 266 g/mol. The maximum absolute atomic E-state index is 6.15. The number of hydrogen-bond acceptors (Lipinski definition) is 5. The van der Waals surface area contributed by atoms with Gasteiger partial charge in [-0.05, 0) is 42.0 Å². The molecule has 1 heterocycles. The molecule has 1 aromatic carbocycles. The Hall–Kier alpha value is -1.66. The Bertz CT molecular complexity index is 543. The summed E-state index contributed by atoms with van der Waals surface area (Å²) in [6.07, 6.45) is 0.839. The molecule has 102 valence electrons. The number of aryl methyl sites for hydroxylation is 1. The van der Waals surface area contributed by atoms with E-state index in [0.717, 1.165) is 12.0 Å². The second kappa shape index (κ2) is 6.49. The molecule has 0 radical (unpaired) electrons. The van der Waals surface area contributed by atoms with Crippen LogP contribution in [-0.2, 0) is 11.3 Å². The highest BCUT2D eigenvalue weighted by atomic mass is 35.5. The van der Waals surface area contributed by atoms with Crippen molar-refractivity contribution < 1.29 is 4.74 Å². The number of hydrogen-bond donors (Lipinski definition) is 1. The Morgan fingerprint density at radius 3 is 3.05 bits per heavy atom. The van der Waals surface area contributed by atoms with Crippen molar-refractivity contribution >= 4 is 17.3 Å². The minimum Gasteiger partial charge on any atom is -0.399 e. The number of anilines is 1. The molecule has 0 amide bonds. The molecule has 0 aliphatic heterocycles. The lowest BCUT2D eigenvalue weighted by atomic mass is 10.2. The van der Waals surface area contributed by atoms with Crippen molar-refractivity contribution in [3.8, 4) is 11.4 Å². The highest BCUT2D eigenvalue weighted by molar-refractivity contribution is 6.33. The molecule has 19 heavy (non-hydrogen) atoms. The summed E-state index contributed by atoms with van der Waals surface area (Å²) in [4.78, 5) is 0. The van der Waals surface area contributed by atoms with Crippen LogP contribution in [0.15, 0.2) is 18.2 Å². The first-order chi connectivity index (χ1) is 9.22. The summed E-state index contributed by atoms with van der Waals surface area (Å²) < 4.78 is 7.00. The predicted octanol–water partition coefficient (Wildman–Crippen LogP) is 2.00. The van der Waals surface area contributed by atoms with E-state index < -0.39 is 0 Å². The van der Waals surface area contributed by atoms with E-state index in [1.807, 2.05) is 6.92 Å². The van der Waals surface area contributed by atoms with Gasteiger partial charge in [0.25, 0.3) is 0 Å². The molecule has 2 N–H and O–H groups in total. The van der Waals surface area contributed by atoms with E-state index in [1.165, 1.54) is 0 Å². The van der Waals surface area contributed by atoms with Crippen LogP contribution in [0.2, 0.25) is 5.02 Å². The Labute approximate surface area is 116 Å². The third-order valence-electron chi connectivity index (χ3n) is 2.63. The lowest BCUT2D eigenvalue weighted by Gasteiger charge is -2.07. The monoisotopic (exact) mass is 281 g/mol. The predicted molar refractivity (Wildman–Crippen MR) is 73.8 cm³/mol. The third-order valence-corrected chi connectivity index (χ3v) is 2.96. The molecule has 2 aromatic rings. The van der Waals surface area contributed by atoms with Gasteiger partial charge in [0, 0.05) is 31.0 Å². The van der Waals surface area contributed by atoms with Crippen LogP contribution in [0, 0.1) is 0 Å². The summed E-state index contributed by atoms with van der Waals surface area (Å²) in [5.74, 6) is 0.619. The first-order valence-corrected chi connectivity index (χ1v) is 6.49. The first kappa shape index (κ1) is 13.8. The lowest BCUT2D eigenvalue weighted by Crippen LogP contribution is -2.06. The fraction of sp³-hybridized carbons (Fsp3) is 0.417. The maximum atomic E-state index is 6.15. The third kappa shape index (κ3) is 3.42. The molecule has 0 unspecified atom stereocenters. The summed E-state index contributed by atoms with van der Waals surface area (Å²) >= 11 is 6.15. The molecule has 1 aromatic heterocycles. The summed E-state index contributed by atoms with van der Waals surface area (Å²) in [6.45, 7) is 4.03. The number of aromatic nitrogens is 4. The van der Waals surface area contributed by atoms with Gasteiger partial charge in [0.1, 0.15) is 0 Å². The second-order valence-electron chi connectivity index (χ2n) is 4.02. The number of nitrogens with zero attached hydrogens (tertiary/aromatic N) is 4. The number of nitrogen functional groups attached to an aromatic ring is 1. The number of rotatable bonds is 6. The summed E-state index contributed by atoms with van der Waals surface area (Å²) in [5.41, 5.74) is 7.13. The van der Waals surface area contributed by atoms with E-state index in [9.17, 15) is 0 Å². The van der Waals surface area contributed by atoms with Crippen LogP contribution in [0.5, 0.6) is 0 Å². The average molecular weight is 282 g/mol. The fourth-order valence-electron chi connectivity index (χ4n) is 1.72. The van der Waals surface area contributed by atoms with Gasteiger partial charge in [0.2, 0.25) is 0 Å². The van der Waals surface area contributed by atoms with Crippen LogP contribution in [0.3, 0.4) is 0 Å². The smallest absolute Gasteiger partial charge is 0.183 e. The van der Waals surface area contributed by atoms with Crippen molar-refractivity contribution in [2.75, 3.05) is 18.9 Å². The number of benzene rings is 1. The van der Waals surface area contributed by atoms with Crippen LogP contribution < -0.4 is 5.73 Å². The first-order valence-electron chi connectivity index (χ1n) is 6.11. The van der Waals surface area contributed by atoms with Gasteiger partial charge < -0.3 is 10.5 Å². The molecule has 0 atom stereocenters. The zero-order chi connectivity index (χ0) is 13.7. The molecule has 0 fully saturated rings. The number of halogens is 1. The van der Waals surface area contributed by atoms with Crippen LogP contribution in [0.4, 0.5) is 5.69 Å². The van der Waals surface area contributed by atoms with Crippen molar-refractivity contribution in [2.24, 2.45) is 0 Å². The molecule has 0 aliphatic carbocycles. The summed E-state index contributed by atoms with van der Waals surface area (Å²) in [7, 11) is 0. The maximum Gasteiger partial charge on any atom is 0.183 e. The zero-order valence-corrected chi connectivity index (χ0v) is 11.5. The number of ether oxygens (including phenoxy) is 1. The van der Waals surface area contributed by atoms with Crippen molar-refractivity contribution in [1.82, 2.24) is 20.2 Å². The van der Waals surface area contributed by atoms with Crippen LogP contribution in [-0.4, -0.2) is 33.4 Å². The minimum atomic E-state index is 0.579. The highest BCUT2D eigenvalue weighted by Gasteiger charge is 2.12. The molecule has 0 spiro atoms. The summed E-state index contributed by atoms with van der Waals surface area (Å²) in [5, 5.41) is 12.2. The van der Waals surface area contributed by atoms with E-state index in [-0.39, 0.29) is 0 Å².